The summed E-state index contributed by atoms with van der Waals surface area (Å²) in [6.07, 6.45) is 3.86. The van der Waals surface area contributed by atoms with E-state index in [1.54, 1.807) is 0 Å². The number of hydrazone groups is 2. The summed E-state index contributed by atoms with van der Waals surface area (Å²) in [4.78, 5) is 0. The average molecular weight is 335 g/mol. The number of benzene rings is 1. The molecule has 0 saturated heterocycles. The fraction of sp³-hybridized carbons (Fsp3) is 0.500. The Bertz CT molecular complexity index is 497. The summed E-state index contributed by atoms with van der Waals surface area (Å²) in [5.41, 5.74) is 2.20. The van der Waals surface area contributed by atoms with Gasteiger partial charge in [0.2, 0.25) is 0 Å². The summed E-state index contributed by atoms with van der Waals surface area (Å²) in [6, 6.07) is 8.30. The Morgan fingerprint density at radius 3 is 1.45 bits per heavy atom. The molecule has 0 heterocycles. The van der Waals surface area contributed by atoms with Gasteiger partial charge in [0, 0.05) is 14.1 Å². The Morgan fingerprint density at radius 1 is 0.773 bits per heavy atom. The standard InChI is InChI=1S/C16H30N4Si2/c1-19(21(3,4)5)17-13-15-10-9-11-16(12-15)14-18-20(2)22(6,7)8/h9-14H,1-8H3/b17-13+,18-14+. The molecule has 0 aliphatic heterocycles. The van der Waals surface area contributed by atoms with Crippen molar-refractivity contribution >= 4 is 28.9 Å². The van der Waals surface area contributed by atoms with Crippen LogP contribution in [0.3, 0.4) is 0 Å². The van der Waals surface area contributed by atoms with Crippen molar-refractivity contribution in [1.82, 2.24) is 9.35 Å². The Morgan fingerprint density at radius 2 is 1.14 bits per heavy atom. The molecule has 0 amide bonds. The first-order valence-corrected chi connectivity index (χ1v) is 14.6. The van der Waals surface area contributed by atoms with Gasteiger partial charge in [-0.1, -0.05) is 57.5 Å². The van der Waals surface area contributed by atoms with Crippen LogP contribution >= 0.6 is 0 Å². The molecular formula is C16H30N4Si2. The van der Waals surface area contributed by atoms with Gasteiger partial charge in [-0.2, -0.15) is 10.2 Å². The van der Waals surface area contributed by atoms with E-state index in [9.17, 15) is 0 Å². The molecule has 0 aliphatic carbocycles. The van der Waals surface area contributed by atoms with Crippen molar-refractivity contribution in [2.24, 2.45) is 10.2 Å². The summed E-state index contributed by atoms with van der Waals surface area (Å²) in [5.74, 6) is 0. The third kappa shape index (κ3) is 6.15. The molecule has 0 saturated carbocycles. The second-order valence-electron chi connectivity index (χ2n) is 7.55. The lowest BCUT2D eigenvalue weighted by Gasteiger charge is -2.26. The van der Waals surface area contributed by atoms with E-state index in [0.29, 0.717) is 0 Å². The number of nitrogens with zero attached hydrogens (tertiary/aromatic N) is 4. The van der Waals surface area contributed by atoms with Crippen LogP contribution in [0.2, 0.25) is 39.3 Å². The number of hydrogen-bond donors (Lipinski definition) is 0. The fourth-order valence-corrected chi connectivity index (χ4v) is 2.18. The summed E-state index contributed by atoms with van der Waals surface area (Å²) in [6.45, 7) is 13.7. The summed E-state index contributed by atoms with van der Waals surface area (Å²) < 4.78 is 4.21. The molecule has 6 heteroatoms. The van der Waals surface area contributed by atoms with Crippen molar-refractivity contribution in [2.45, 2.75) is 39.3 Å². The van der Waals surface area contributed by atoms with Crippen molar-refractivity contribution in [2.75, 3.05) is 14.1 Å². The molecule has 1 aromatic carbocycles. The van der Waals surface area contributed by atoms with Gasteiger partial charge in [0.05, 0.1) is 12.4 Å². The van der Waals surface area contributed by atoms with Crippen LogP contribution in [-0.2, 0) is 0 Å². The quantitative estimate of drug-likeness (QED) is 0.449. The lowest BCUT2D eigenvalue weighted by Crippen LogP contribution is -2.39. The highest BCUT2D eigenvalue weighted by atomic mass is 28.3. The molecule has 0 N–H and O–H groups in total. The Hall–Kier alpha value is -1.41. The first-order valence-electron chi connectivity index (χ1n) is 7.66. The minimum atomic E-state index is -1.37. The van der Waals surface area contributed by atoms with Crippen LogP contribution in [-0.4, -0.2) is 52.3 Å². The summed E-state index contributed by atoms with van der Waals surface area (Å²) in [7, 11) is 1.36. The second kappa shape index (κ2) is 7.24. The highest BCUT2D eigenvalue weighted by Gasteiger charge is 2.18. The molecular weight excluding hydrogens is 304 g/mol. The van der Waals surface area contributed by atoms with Crippen LogP contribution in [0, 0.1) is 0 Å². The molecule has 0 aliphatic rings. The van der Waals surface area contributed by atoms with E-state index in [-0.39, 0.29) is 0 Å². The van der Waals surface area contributed by atoms with Crippen molar-refractivity contribution < 1.29 is 0 Å². The number of hydrogen-bond acceptors (Lipinski definition) is 4. The van der Waals surface area contributed by atoms with E-state index in [0.717, 1.165) is 11.1 Å². The zero-order valence-electron chi connectivity index (χ0n) is 15.3. The monoisotopic (exact) mass is 334 g/mol. The lowest BCUT2D eigenvalue weighted by atomic mass is 10.1. The minimum absolute atomic E-state index is 1.10. The molecule has 0 radical (unpaired) electrons. The molecule has 122 valence electrons. The van der Waals surface area contributed by atoms with Crippen LogP contribution in [0.5, 0.6) is 0 Å². The Kier molecular flexibility index (Phi) is 6.13. The van der Waals surface area contributed by atoms with Gasteiger partial charge in [-0.05, 0) is 17.2 Å². The first kappa shape index (κ1) is 18.6. The molecule has 22 heavy (non-hydrogen) atoms. The van der Waals surface area contributed by atoms with Gasteiger partial charge in [0.25, 0.3) is 0 Å². The van der Waals surface area contributed by atoms with Crippen LogP contribution < -0.4 is 0 Å². The third-order valence-electron chi connectivity index (χ3n) is 3.61. The fourth-order valence-electron chi connectivity index (χ4n) is 1.37. The zero-order valence-corrected chi connectivity index (χ0v) is 17.3. The topological polar surface area (TPSA) is 31.2 Å². The van der Waals surface area contributed by atoms with Crippen molar-refractivity contribution in [3.63, 3.8) is 0 Å². The maximum atomic E-state index is 4.56. The first-order chi connectivity index (χ1) is 10.00. The van der Waals surface area contributed by atoms with E-state index in [2.05, 4.69) is 91.1 Å². The SMILES string of the molecule is CN(/N=C/c1cccc(/C=N/N(C)[Si](C)(C)C)c1)[Si](C)(C)C. The molecule has 0 aromatic heterocycles. The zero-order chi connectivity index (χ0) is 17.0. The molecule has 0 spiro atoms. The van der Waals surface area contributed by atoms with Gasteiger partial charge >= 0.3 is 0 Å². The van der Waals surface area contributed by atoms with Crippen molar-refractivity contribution in [3.05, 3.63) is 35.4 Å². The smallest absolute Gasteiger partial charge is 0.168 e. The number of rotatable bonds is 6. The van der Waals surface area contributed by atoms with Gasteiger partial charge < -0.3 is 9.35 Å². The molecule has 0 atom stereocenters. The maximum Gasteiger partial charge on any atom is 0.168 e. The van der Waals surface area contributed by atoms with E-state index in [1.807, 2.05) is 18.5 Å². The Labute approximate surface area is 137 Å². The van der Waals surface area contributed by atoms with Crippen LogP contribution in [0.25, 0.3) is 0 Å². The van der Waals surface area contributed by atoms with Crippen LogP contribution in [0.4, 0.5) is 0 Å². The minimum Gasteiger partial charge on any atom is -0.328 e. The molecule has 0 bridgehead atoms. The van der Waals surface area contributed by atoms with Crippen LogP contribution in [0.15, 0.2) is 34.5 Å². The lowest BCUT2D eigenvalue weighted by molar-refractivity contribution is 0.552. The molecule has 1 aromatic rings. The van der Waals surface area contributed by atoms with Gasteiger partial charge in [0.15, 0.2) is 16.5 Å². The summed E-state index contributed by atoms with van der Waals surface area (Å²) in [5, 5.41) is 9.13. The highest BCUT2D eigenvalue weighted by Crippen LogP contribution is 2.09. The van der Waals surface area contributed by atoms with E-state index < -0.39 is 16.5 Å². The molecule has 1 rings (SSSR count). The second-order valence-corrected chi connectivity index (χ2v) is 17.5. The van der Waals surface area contributed by atoms with Crippen molar-refractivity contribution in [1.29, 1.82) is 0 Å². The Balaban J connectivity index is 2.83. The normalized spacial score (nSPS) is 13.1. The van der Waals surface area contributed by atoms with Gasteiger partial charge in [-0.3, -0.25) is 0 Å². The molecule has 0 unspecified atom stereocenters. The highest BCUT2D eigenvalue weighted by molar-refractivity contribution is 6.73. The van der Waals surface area contributed by atoms with Gasteiger partial charge in [-0.25, -0.2) is 0 Å². The van der Waals surface area contributed by atoms with E-state index >= 15 is 0 Å². The van der Waals surface area contributed by atoms with Crippen LogP contribution in [0.1, 0.15) is 11.1 Å². The average Bonchev–Trinajstić information content (AvgIpc) is 2.40. The maximum absolute atomic E-state index is 4.56. The third-order valence-corrected chi connectivity index (χ3v) is 7.73. The predicted octanol–water partition coefficient (Wildman–Crippen LogP) is 3.89. The predicted molar refractivity (Wildman–Crippen MR) is 104 cm³/mol. The van der Waals surface area contributed by atoms with Crippen molar-refractivity contribution in [3.8, 4) is 0 Å². The van der Waals surface area contributed by atoms with Gasteiger partial charge in [-0.15, -0.1) is 0 Å². The van der Waals surface area contributed by atoms with E-state index in [4.69, 9.17) is 0 Å². The summed E-state index contributed by atoms with van der Waals surface area (Å²) >= 11 is 0. The largest absolute Gasteiger partial charge is 0.328 e. The van der Waals surface area contributed by atoms with Gasteiger partial charge in [0.1, 0.15) is 0 Å². The molecule has 4 nitrogen and oxygen atoms in total. The molecule has 0 fully saturated rings. The van der Waals surface area contributed by atoms with E-state index in [1.165, 1.54) is 0 Å².